The smallest absolute Gasteiger partial charge is 0.234 e. The first kappa shape index (κ1) is 16.7. The Labute approximate surface area is 123 Å². The lowest BCUT2D eigenvalue weighted by Crippen LogP contribution is -2.42. The predicted molar refractivity (Wildman–Crippen MR) is 84.7 cm³/mol. The van der Waals surface area contributed by atoms with Crippen LogP contribution in [0.2, 0.25) is 0 Å². The quantitative estimate of drug-likeness (QED) is 0.728. The Bertz CT molecular complexity index is 374. The third-order valence-electron chi connectivity index (χ3n) is 3.67. The first-order chi connectivity index (χ1) is 9.65. The highest BCUT2D eigenvalue weighted by Gasteiger charge is 2.09. The SMILES string of the molecule is CCC(CC)NC(=O)CNC(C)CCc1ccccc1. The molecule has 0 aromatic heterocycles. The van der Waals surface area contributed by atoms with E-state index in [2.05, 4.69) is 55.7 Å². The first-order valence-corrected chi connectivity index (χ1v) is 7.72. The Kier molecular flexibility index (Phi) is 7.97. The van der Waals surface area contributed by atoms with Crippen molar-refractivity contribution in [3.63, 3.8) is 0 Å². The van der Waals surface area contributed by atoms with Gasteiger partial charge in [0.15, 0.2) is 0 Å². The lowest BCUT2D eigenvalue weighted by molar-refractivity contribution is -0.121. The zero-order chi connectivity index (χ0) is 14.8. The molecule has 0 heterocycles. The topological polar surface area (TPSA) is 41.1 Å². The number of carbonyl (C=O) groups is 1. The highest BCUT2D eigenvalue weighted by atomic mass is 16.1. The van der Waals surface area contributed by atoms with E-state index in [0.29, 0.717) is 18.6 Å². The minimum absolute atomic E-state index is 0.102. The van der Waals surface area contributed by atoms with E-state index in [4.69, 9.17) is 0 Å². The molecule has 1 aromatic rings. The minimum Gasteiger partial charge on any atom is -0.352 e. The van der Waals surface area contributed by atoms with Crippen LogP contribution in [0.3, 0.4) is 0 Å². The van der Waals surface area contributed by atoms with Crippen molar-refractivity contribution in [3.8, 4) is 0 Å². The molecule has 0 aliphatic rings. The Morgan fingerprint density at radius 1 is 1.15 bits per heavy atom. The Balaban J connectivity index is 2.19. The van der Waals surface area contributed by atoms with Crippen molar-refractivity contribution in [1.29, 1.82) is 0 Å². The molecule has 3 heteroatoms. The number of hydrogen-bond acceptors (Lipinski definition) is 2. The molecular weight excluding hydrogens is 248 g/mol. The van der Waals surface area contributed by atoms with Gasteiger partial charge in [0.25, 0.3) is 0 Å². The number of amides is 1. The molecule has 0 aliphatic carbocycles. The molecule has 1 rings (SSSR count). The summed E-state index contributed by atoms with van der Waals surface area (Å²) in [5, 5.41) is 6.34. The third-order valence-corrected chi connectivity index (χ3v) is 3.67. The monoisotopic (exact) mass is 276 g/mol. The Hall–Kier alpha value is -1.35. The molecule has 112 valence electrons. The summed E-state index contributed by atoms with van der Waals surface area (Å²) in [7, 11) is 0. The summed E-state index contributed by atoms with van der Waals surface area (Å²) < 4.78 is 0. The first-order valence-electron chi connectivity index (χ1n) is 7.72. The molecule has 1 aromatic carbocycles. The van der Waals surface area contributed by atoms with Crippen molar-refractivity contribution in [2.24, 2.45) is 0 Å². The molecule has 0 fully saturated rings. The standard InChI is InChI=1S/C17H28N2O/c1-4-16(5-2)19-17(20)13-18-14(3)11-12-15-9-7-6-8-10-15/h6-10,14,16,18H,4-5,11-13H2,1-3H3,(H,19,20). The van der Waals surface area contributed by atoms with E-state index in [9.17, 15) is 4.79 Å². The van der Waals surface area contributed by atoms with Crippen LogP contribution in [0, 0.1) is 0 Å². The van der Waals surface area contributed by atoms with E-state index in [0.717, 1.165) is 25.7 Å². The van der Waals surface area contributed by atoms with Gasteiger partial charge in [0.2, 0.25) is 5.91 Å². The van der Waals surface area contributed by atoms with Crippen LogP contribution in [0.25, 0.3) is 0 Å². The fourth-order valence-corrected chi connectivity index (χ4v) is 2.17. The van der Waals surface area contributed by atoms with Gasteiger partial charge in [-0.25, -0.2) is 0 Å². The molecule has 0 saturated carbocycles. The van der Waals surface area contributed by atoms with Gasteiger partial charge < -0.3 is 10.6 Å². The van der Waals surface area contributed by atoms with Crippen LogP contribution in [0.1, 0.15) is 45.6 Å². The normalized spacial score (nSPS) is 12.4. The summed E-state index contributed by atoms with van der Waals surface area (Å²) in [5.41, 5.74) is 1.35. The summed E-state index contributed by atoms with van der Waals surface area (Å²) in [6.45, 7) is 6.74. The molecule has 1 unspecified atom stereocenters. The molecule has 0 saturated heterocycles. The van der Waals surface area contributed by atoms with Crippen LogP contribution in [-0.4, -0.2) is 24.5 Å². The highest BCUT2D eigenvalue weighted by molar-refractivity contribution is 5.78. The molecule has 1 amide bonds. The second-order valence-corrected chi connectivity index (χ2v) is 5.39. The lowest BCUT2D eigenvalue weighted by Gasteiger charge is -2.17. The van der Waals surface area contributed by atoms with Gasteiger partial charge in [0.1, 0.15) is 0 Å². The van der Waals surface area contributed by atoms with Gasteiger partial charge in [0.05, 0.1) is 6.54 Å². The third kappa shape index (κ3) is 6.71. The maximum absolute atomic E-state index is 11.8. The van der Waals surface area contributed by atoms with E-state index in [1.54, 1.807) is 0 Å². The van der Waals surface area contributed by atoms with Gasteiger partial charge in [-0.15, -0.1) is 0 Å². The van der Waals surface area contributed by atoms with E-state index in [-0.39, 0.29) is 5.91 Å². The van der Waals surface area contributed by atoms with Gasteiger partial charge in [-0.3, -0.25) is 4.79 Å². The van der Waals surface area contributed by atoms with Gasteiger partial charge in [-0.1, -0.05) is 44.2 Å². The van der Waals surface area contributed by atoms with Crippen molar-refractivity contribution < 1.29 is 4.79 Å². The fourth-order valence-electron chi connectivity index (χ4n) is 2.17. The molecule has 20 heavy (non-hydrogen) atoms. The summed E-state index contributed by atoms with van der Waals surface area (Å²) in [4.78, 5) is 11.8. The number of carbonyl (C=O) groups excluding carboxylic acids is 1. The molecule has 0 aliphatic heterocycles. The number of benzene rings is 1. The summed E-state index contributed by atoms with van der Waals surface area (Å²) >= 11 is 0. The summed E-state index contributed by atoms with van der Waals surface area (Å²) in [6.07, 6.45) is 4.07. The molecule has 0 spiro atoms. The minimum atomic E-state index is 0.102. The average molecular weight is 276 g/mol. The van der Waals surface area contributed by atoms with E-state index < -0.39 is 0 Å². The Morgan fingerprint density at radius 2 is 1.80 bits per heavy atom. The maximum Gasteiger partial charge on any atom is 0.234 e. The maximum atomic E-state index is 11.8. The van der Waals surface area contributed by atoms with Gasteiger partial charge in [0, 0.05) is 12.1 Å². The molecule has 0 radical (unpaired) electrons. The number of aryl methyl sites for hydroxylation is 1. The van der Waals surface area contributed by atoms with E-state index in [1.165, 1.54) is 5.56 Å². The van der Waals surface area contributed by atoms with Crippen LogP contribution in [0.5, 0.6) is 0 Å². The van der Waals surface area contributed by atoms with Crippen LogP contribution < -0.4 is 10.6 Å². The molecule has 0 bridgehead atoms. The fraction of sp³-hybridized carbons (Fsp3) is 0.588. The van der Waals surface area contributed by atoms with Gasteiger partial charge in [-0.2, -0.15) is 0 Å². The van der Waals surface area contributed by atoms with Crippen molar-refractivity contribution in [3.05, 3.63) is 35.9 Å². The Morgan fingerprint density at radius 3 is 2.40 bits per heavy atom. The second kappa shape index (κ2) is 9.54. The van der Waals surface area contributed by atoms with Crippen LogP contribution in [0.15, 0.2) is 30.3 Å². The van der Waals surface area contributed by atoms with Crippen molar-refractivity contribution >= 4 is 5.91 Å². The molecular formula is C17H28N2O. The molecule has 3 nitrogen and oxygen atoms in total. The second-order valence-electron chi connectivity index (χ2n) is 5.39. The van der Waals surface area contributed by atoms with Crippen LogP contribution in [0.4, 0.5) is 0 Å². The van der Waals surface area contributed by atoms with Crippen molar-refractivity contribution in [2.45, 2.75) is 58.5 Å². The van der Waals surface area contributed by atoms with E-state index in [1.807, 2.05) is 6.07 Å². The van der Waals surface area contributed by atoms with Gasteiger partial charge in [-0.05, 0) is 38.2 Å². The number of rotatable bonds is 9. The molecule has 2 N–H and O–H groups in total. The van der Waals surface area contributed by atoms with Crippen molar-refractivity contribution in [2.75, 3.05) is 6.54 Å². The summed E-state index contributed by atoms with van der Waals surface area (Å²) in [5.74, 6) is 0.102. The summed E-state index contributed by atoms with van der Waals surface area (Å²) in [6, 6.07) is 11.1. The lowest BCUT2D eigenvalue weighted by atomic mass is 10.1. The largest absolute Gasteiger partial charge is 0.352 e. The van der Waals surface area contributed by atoms with Crippen molar-refractivity contribution in [1.82, 2.24) is 10.6 Å². The average Bonchev–Trinajstić information content (AvgIpc) is 2.49. The van der Waals surface area contributed by atoms with Crippen LogP contribution >= 0.6 is 0 Å². The van der Waals surface area contributed by atoms with E-state index >= 15 is 0 Å². The number of nitrogens with one attached hydrogen (secondary N) is 2. The zero-order valence-electron chi connectivity index (χ0n) is 13.0. The van der Waals surface area contributed by atoms with Gasteiger partial charge >= 0.3 is 0 Å². The molecule has 1 atom stereocenters. The zero-order valence-corrected chi connectivity index (χ0v) is 13.0. The van der Waals surface area contributed by atoms with Crippen LogP contribution in [-0.2, 0) is 11.2 Å². The highest BCUT2D eigenvalue weighted by Crippen LogP contribution is 2.04. The number of hydrogen-bond donors (Lipinski definition) is 2. The predicted octanol–water partition coefficient (Wildman–Crippen LogP) is 2.90.